The summed E-state index contributed by atoms with van der Waals surface area (Å²) in [4.78, 5) is 139. The zero-order valence-electron chi connectivity index (χ0n) is 57.5. The van der Waals surface area contributed by atoms with Crippen molar-refractivity contribution in [2.24, 2.45) is 40.4 Å². The minimum Gasteiger partial charge on any atom is -0.379 e. The molecular formula is C69H113N9O12. The minimum atomic E-state index is -1.19. The molecular weight excluding hydrogens is 1150 g/mol. The van der Waals surface area contributed by atoms with Gasteiger partial charge in [0.1, 0.15) is 11.6 Å². The number of fused-ring (bicyclic) bond motifs is 1. The highest BCUT2D eigenvalue weighted by molar-refractivity contribution is 6.13. The fourth-order valence-corrected chi connectivity index (χ4v) is 15.6. The van der Waals surface area contributed by atoms with Gasteiger partial charge in [-0.1, -0.05) is 132 Å². The van der Waals surface area contributed by atoms with E-state index in [0.717, 1.165) is 44.1 Å². The Balaban J connectivity index is 1.01. The van der Waals surface area contributed by atoms with Gasteiger partial charge in [0, 0.05) is 66.7 Å². The molecule has 3 saturated heterocycles. The fourth-order valence-electron chi connectivity index (χ4n) is 15.6. The first-order valence-electron chi connectivity index (χ1n) is 34.1. The van der Waals surface area contributed by atoms with Crippen LogP contribution in [-0.4, -0.2) is 192 Å². The molecule has 90 heavy (non-hydrogen) atoms. The molecule has 3 N–H and O–H groups in total. The number of amides is 9. The number of likely N-dealkylation sites (tertiary alicyclic amines) is 2. The summed E-state index contributed by atoms with van der Waals surface area (Å²) < 4.78 is 12.3. The number of hydrazine groups is 1. The van der Waals surface area contributed by atoms with Gasteiger partial charge >= 0.3 is 0 Å². The van der Waals surface area contributed by atoms with Crippen LogP contribution in [0.3, 0.4) is 0 Å². The summed E-state index contributed by atoms with van der Waals surface area (Å²) in [6.45, 7) is 23.3. The molecule has 5 fully saturated rings. The molecule has 3 heterocycles. The number of benzene rings is 1. The monoisotopic (exact) mass is 1260 g/mol. The number of ether oxygens (including phenoxy) is 2. The van der Waals surface area contributed by atoms with E-state index in [4.69, 9.17) is 14.3 Å². The lowest BCUT2D eigenvalue weighted by atomic mass is 9.88. The van der Waals surface area contributed by atoms with Gasteiger partial charge in [-0.25, -0.2) is 5.06 Å². The van der Waals surface area contributed by atoms with Crippen LogP contribution < -0.4 is 16.1 Å². The lowest BCUT2D eigenvalue weighted by Gasteiger charge is -2.41. The van der Waals surface area contributed by atoms with Gasteiger partial charge < -0.3 is 29.9 Å². The van der Waals surface area contributed by atoms with Crippen LogP contribution in [0.1, 0.15) is 203 Å². The largest absolute Gasteiger partial charge is 0.379 e. The first kappa shape index (κ1) is 73.5. The van der Waals surface area contributed by atoms with Gasteiger partial charge in [-0.05, 0) is 113 Å². The van der Waals surface area contributed by atoms with Gasteiger partial charge in [-0.15, -0.1) is 0 Å². The molecule has 14 atom stereocenters. The molecule has 1 aromatic carbocycles. The van der Waals surface area contributed by atoms with Crippen LogP contribution in [0, 0.1) is 40.4 Å². The lowest BCUT2D eigenvalue weighted by molar-refractivity contribution is -0.226. The Hall–Kier alpha value is -5.51. The van der Waals surface area contributed by atoms with E-state index in [2.05, 4.69) is 23.0 Å². The van der Waals surface area contributed by atoms with Gasteiger partial charge in [0.25, 0.3) is 5.91 Å². The molecule has 0 bridgehead atoms. The van der Waals surface area contributed by atoms with E-state index in [1.165, 1.54) is 22.0 Å². The highest BCUT2D eigenvalue weighted by Gasteiger charge is 2.83. The summed E-state index contributed by atoms with van der Waals surface area (Å²) in [5.74, 6) is -3.99. The summed E-state index contributed by atoms with van der Waals surface area (Å²) in [6.07, 6.45) is 9.34. The normalized spacial score (nSPS) is 26.1. The molecule has 5 aliphatic rings. The maximum Gasteiger partial charge on any atom is 0.272 e. The van der Waals surface area contributed by atoms with E-state index in [-0.39, 0.29) is 114 Å². The van der Waals surface area contributed by atoms with Crippen molar-refractivity contribution in [3.8, 4) is 0 Å². The van der Waals surface area contributed by atoms with Crippen LogP contribution in [0.25, 0.3) is 0 Å². The number of piperidine rings is 1. The number of imide groups is 1. The summed E-state index contributed by atoms with van der Waals surface area (Å²) in [5.41, 5.74) is 1.61. The minimum absolute atomic E-state index is 0.0534. The molecule has 0 radical (unpaired) electrons. The van der Waals surface area contributed by atoms with Crippen molar-refractivity contribution in [3.63, 3.8) is 0 Å². The number of hydrogen-bond donors (Lipinski definition) is 3. The second kappa shape index (κ2) is 32.4. The average molecular weight is 1260 g/mol. The molecule has 14 unspecified atom stereocenters. The Labute approximate surface area is 537 Å². The van der Waals surface area contributed by atoms with Crippen LogP contribution in [0.15, 0.2) is 30.3 Å². The summed E-state index contributed by atoms with van der Waals surface area (Å²) in [7, 11) is 8.13. The first-order valence-corrected chi connectivity index (χ1v) is 34.1. The van der Waals surface area contributed by atoms with Crippen LogP contribution in [0.2, 0.25) is 0 Å². The van der Waals surface area contributed by atoms with Gasteiger partial charge in [-0.2, -0.15) is 0 Å². The zero-order chi connectivity index (χ0) is 66.6. The Kier molecular flexibility index (Phi) is 26.4. The Morgan fingerprint density at radius 2 is 1.49 bits per heavy atom. The van der Waals surface area contributed by atoms with Gasteiger partial charge in [0.15, 0.2) is 0 Å². The number of nitrogens with zero attached hydrogens (tertiary/aromatic N) is 6. The topological polar surface area (TPSA) is 237 Å². The zero-order valence-corrected chi connectivity index (χ0v) is 57.5. The summed E-state index contributed by atoms with van der Waals surface area (Å²) >= 11 is 0. The number of hydrogen-bond acceptors (Lipinski definition) is 13. The third-order valence-corrected chi connectivity index (χ3v) is 21.4. The predicted molar refractivity (Wildman–Crippen MR) is 344 cm³/mol. The third-order valence-electron chi connectivity index (χ3n) is 21.4. The quantitative estimate of drug-likeness (QED) is 0.0335. The van der Waals surface area contributed by atoms with Crippen molar-refractivity contribution >= 4 is 53.2 Å². The highest BCUT2D eigenvalue weighted by Crippen LogP contribution is 2.76. The summed E-state index contributed by atoms with van der Waals surface area (Å²) in [6, 6.07) is 7.18. The molecule has 9 amide bonds. The van der Waals surface area contributed by atoms with Crippen LogP contribution in [0.5, 0.6) is 0 Å². The van der Waals surface area contributed by atoms with E-state index >= 15 is 0 Å². The van der Waals surface area contributed by atoms with Crippen LogP contribution in [-0.2, 0) is 57.5 Å². The van der Waals surface area contributed by atoms with E-state index in [9.17, 15) is 43.2 Å². The molecule has 1 aromatic rings. The number of methoxy groups -OCH3 is 2. The molecule has 6 rings (SSSR count). The molecule has 506 valence electrons. The Bertz CT molecular complexity index is 2640. The lowest BCUT2D eigenvalue weighted by Crippen LogP contribution is -2.60. The SMILES string of the molecule is CCCCC1CCCN(C(=O)C2(NC(=O)C(C)C(OC)C3CCCN3C(=O)CC(OC)C(C(C)CC)N(C)C(=O)C(NC(=O)C(C(C)C)N(C)CCCC(=O)N(C)NC(=O)CCCCCN3C(=O)C4C(C)(CC)C4(CC)C3=O)C(C)C)CC2c2ccccc2)O1. The first-order chi connectivity index (χ1) is 42.7. The Morgan fingerprint density at radius 1 is 0.800 bits per heavy atom. The smallest absolute Gasteiger partial charge is 0.272 e. The molecule has 21 nitrogen and oxygen atoms in total. The number of unbranched alkanes of at least 4 members (excludes halogenated alkanes) is 3. The van der Waals surface area contributed by atoms with Gasteiger partial charge in [0.05, 0.1) is 60.1 Å². The molecule has 0 spiro atoms. The second-order valence-corrected chi connectivity index (χ2v) is 27.8. The van der Waals surface area contributed by atoms with E-state index in [1.807, 2.05) is 105 Å². The molecule has 0 aromatic heterocycles. The van der Waals surface area contributed by atoms with Crippen molar-refractivity contribution in [2.45, 2.75) is 246 Å². The van der Waals surface area contributed by atoms with Crippen molar-refractivity contribution < 1.29 is 57.5 Å². The predicted octanol–water partition coefficient (Wildman–Crippen LogP) is 7.80. The fraction of sp³-hybridized carbons (Fsp3) is 0.783. The highest BCUT2D eigenvalue weighted by atomic mass is 16.7. The Morgan fingerprint density at radius 3 is 2.09 bits per heavy atom. The number of nitrogens with one attached hydrogen (secondary N) is 3. The van der Waals surface area contributed by atoms with Crippen LogP contribution in [0.4, 0.5) is 0 Å². The maximum atomic E-state index is 14.9. The third kappa shape index (κ3) is 15.9. The number of hydroxylamine groups is 2. The second-order valence-electron chi connectivity index (χ2n) is 27.8. The molecule has 2 aliphatic carbocycles. The van der Waals surface area contributed by atoms with E-state index in [0.29, 0.717) is 84.0 Å². The number of carbonyl (C=O) groups is 9. The van der Waals surface area contributed by atoms with Crippen LogP contribution >= 0.6 is 0 Å². The average Bonchev–Trinajstić information content (AvgIpc) is 1.48. The van der Waals surface area contributed by atoms with Crippen molar-refractivity contribution in [1.29, 1.82) is 0 Å². The summed E-state index contributed by atoms with van der Waals surface area (Å²) in [5, 5.41) is 8.99. The van der Waals surface area contributed by atoms with Crippen molar-refractivity contribution in [2.75, 3.05) is 61.5 Å². The maximum absolute atomic E-state index is 14.9. The number of likely N-dealkylation sites (N-methyl/N-ethyl adjacent to an activating group) is 2. The van der Waals surface area contributed by atoms with Crippen molar-refractivity contribution in [1.82, 2.24) is 45.7 Å². The van der Waals surface area contributed by atoms with E-state index < -0.39 is 53.2 Å². The van der Waals surface area contributed by atoms with E-state index in [1.54, 1.807) is 38.0 Å². The standard InChI is InChI=1S/C69H113N9O12/c1-17-21-33-49-34-28-41-78(90-49)66(87)69(43-50(69)48-31-24-22-25-32-48)71-61(82)47(10)59(89-16)51-35-29-40-76(51)55(81)42-52(88-15)58(46(9)18-2)74(13)63(84)56(44(5)6)70-62(83)57(45(7)8)73(12)38-30-37-54(80)75(14)72-53(79)36-26-23-27-39-77-64(85)60-67(11,19-3)68(60,20-4)65(77)86/h22,24-25,31-32,44-47,49-52,56-60H,17-21,23,26-30,33-43H2,1-16H3,(H,70,83)(H,71,82)(H,72,79). The molecule has 21 heteroatoms. The molecule has 3 aliphatic heterocycles. The molecule has 2 saturated carbocycles. The number of rotatable bonds is 35. The van der Waals surface area contributed by atoms with Gasteiger partial charge in [0.2, 0.25) is 47.3 Å². The van der Waals surface area contributed by atoms with Gasteiger partial charge in [-0.3, -0.25) is 68.2 Å². The van der Waals surface area contributed by atoms with Crippen molar-refractivity contribution in [3.05, 3.63) is 35.9 Å². The number of carbonyl (C=O) groups excluding carboxylic acids is 9.